The Labute approximate surface area is 191 Å². The molecule has 0 spiro atoms. The first kappa shape index (κ1) is 20.7. The van der Waals surface area contributed by atoms with Crippen LogP contribution in [0.4, 0.5) is 17.6 Å². The summed E-state index contributed by atoms with van der Waals surface area (Å²) in [7, 11) is 3.27. The van der Waals surface area contributed by atoms with Gasteiger partial charge in [-0.3, -0.25) is 13.8 Å². The number of para-hydroxylation sites is 3. The number of aromatic nitrogens is 7. The molecule has 3 aromatic heterocycles. The average Bonchev–Trinajstić information content (AvgIpc) is 3.25. The summed E-state index contributed by atoms with van der Waals surface area (Å²) in [6.45, 7) is 0. The maximum absolute atomic E-state index is 12.6. The normalized spacial score (nSPS) is 11.2. The Kier molecular flexibility index (Phi) is 5.26. The molecule has 3 heterocycles. The molecule has 0 amide bonds. The second-order valence-electron chi connectivity index (χ2n) is 7.05. The largest absolute Gasteiger partial charge is 0.495 e. The lowest BCUT2D eigenvalue weighted by atomic mass is 10.2. The maximum atomic E-state index is 12.6. The Morgan fingerprint density at radius 3 is 2.70 bits per heavy atom. The molecule has 11 nitrogen and oxygen atoms in total. The van der Waals surface area contributed by atoms with Crippen molar-refractivity contribution >= 4 is 46.0 Å². The Morgan fingerprint density at radius 2 is 1.85 bits per heavy atom. The van der Waals surface area contributed by atoms with Crippen molar-refractivity contribution in [1.29, 1.82) is 0 Å². The van der Waals surface area contributed by atoms with Gasteiger partial charge in [-0.2, -0.15) is 15.0 Å². The molecule has 0 saturated heterocycles. The van der Waals surface area contributed by atoms with E-state index in [1.54, 1.807) is 20.2 Å². The molecule has 0 fully saturated rings. The minimum atomic E-state index is -0.126. The van der Waals surface area contributed by atoms with Crippen molar-refractivity contribution in [2.45, 2.75) is 10.9 Å². The quantitative estimate of drug-likeness (QED) is 0.362. The van der Waals surface area contributed by atoms with Gasteiger partial charge in [-0.1, -0.05) is 36.0 Å². The predicted molar refractivity (Wildman–Crippen MR) is 126 cm³/mol. The number of aryl methyl sites for hydroxylation is 1. The van der Waals surface area contributed by atoms with Gasteiger partial charge in [0.25, 0.3) is 5.56 Å². The third kappa shape index (κ3) is 3.80. The van der Waals surface area contributed by atoms with Crippen LogP contribution in [-0.2, 0) is 12.8 Å². The van der Waals surface area contributed by atoms with Crippen LogP contribution < -0.4 is 21.3 Å². The number of nitrogens with two attached hydrogens (primary N) is 1. The Hall–Kier alpha value is -4.19. The standard InChI is InChI=1S/C21H19N9O2S/c1-29-17(31)12-7-3-5-9-14(12)30-20(29)27-28-21(30)33-11-16-24-18(22)26-19(25-16)23-13-8-4-6-10-15(13)32-2/h3-10H,11H2,1-2H3,(H3,22,23,24,25,26). The van der Waals surface area contributed by atoms with E-state index in [0.717, 1.165) is 5.52 Å². The first-order valence-electron chi connectivity index (χ1n) is 9.91. The second kappa shape index (κ2) is 8.39. The van der Waals surface area contributed by atoms with Crippen LogP contribution in [0, 0.1) is 0 Å². The summed E-state index contributed by atoms with van der Waals surface area (Å²) in [5.41, 5.74) is 7.24. The molecule has 166 valence electrons. The zero-order valence-corrected chi connectivity index (χ0v) is 18.6. The van der Waals surface area contributed by atoms with Gasteiger partial charge in [0.15, 0.2) is 5.16 Å². The van der Waals surface area contributed by atoms with Crippen LogP contribution in [0.15, 0.2) is 58.5 Å². The first-order chi connectivity index (χ1) is 16.0. The topological polar surface area (TPSA) is 138 Å². The van der Waals surface area contributed by atoms with E-state index in [9.17, 15) is 4.79 Å². The molecule has 0 aliphatic rings. The van der Waals surface area contributed by atoms with Crippen LogP contribution in [0.2, 0.25) is 0 Å². The summed E-state index contributed by atoms with van der Waals surface area (Å²) in [6.07, 6.45) is 0. The molecule has 3 N–H and O–H groups in total. The number of benzene rings is 2. The van der Waals surface area contributed by atoms with Gasteiger partial charge in [0.2, 0.25) is 17.7 Å². The molecule has 0 bridgehead atoms. The number of methoxy groups -OCH3 is 1. The van der Waals surface area contributed by atoms with E-state index in [1.807, 2.05) is 46.9 Å². The lowest BCUT2D eigenvalue weighted by Crippen LogP contribution is -2.20. The fourth-order valence-electron chi connectivity index (χ4n) is 3.46. The van der Waals surface area contributed by atoms with Gasteiger partial charge in [-0.25, -0.2) is 0 Å². The summed E-state index contributed by atoms with van der Waals surface area (Å²) in [5, 5.41) is 12.8. The zero-order valence-electron chi connectivity index (χ0n) is 17.8. The molecule has 0 atom stereocenters. The molecule has 0 unspecified atom stereocenters. The minimum absolute atomic E-state index is 0.0944. The molecule has 0 radical (unpaired) electrons. The number of nitrogens with one attached hydrogen (secondary N) is 1. The molecule has 0 saturated carbocycles. The van der Waals surface area contributed by atoms with E-state index >= 15 is 0 Å². The number of anilines is 3. The van der Waals surface area contributed by atoms with E-state index < -0.39 is 0 Å². The van der Waals surface area contributed by atoms with Gasteiger partial charge in [0.1, 0.15) is 11.6 Å². The highest BCUT2D eigenvalue weighted by Crippen LogP contribution is 2.27. The highest BCUT2D eigenvalue weighted by molar-refractivity contribution is 7.98. The molecule has 2 aromatic carbocycles. The average molecular weight is 462 g/mol. The SMILES string of the molecule is COc1ccccc1Nc1nc(N)nc(CSc2nnc3n(C)c(=O)c4ccccc4n23)n1. The monoisotopic (exact) mass is 461 g/mol. The van der Waals surface area contributed by atoms with Crippen LogP contribution in [0.3, 0.4) is 0 Å². The van der Waals surface area contributed by atoms with Crippen LogP contribution in [-0.4, -0.2) is 41.2 Å². The fraction of sp³-hybridized carbons (Fsp3) is 0.143. The number of fused-ring (bicyclic) bond motifs is 3. The molecule has 0 aliphatic carbocycles. The van der Waals surface area contributed by atoms with Crippen molar-refractivity contribution in [2.75, 3.05) is 18.2 Å². The Balaban J connectivity index is 1.46. The van der Waals surface area contributed by atoms with Crippen molar-refractivity contribution in [3.05, 3.63) is 64.7 Å². The van der Waals surface area contributed by atoms with E-state index in [1.165, 1.54) is 16.3 Å². The number of nitrogens with zero attached hydrogens (tertiary/aromatic N) is 7. The van der Waals surface area contributed by atoms with Crippen LogP contribution >= 0.6 is 11.8 Å². The molecular weight excluding hydrogens is 442 g/mol. The lowest BCUT2D eigenvalue weighted by Gasteiger charge is -2.10. The molecule has 5 rings (SSSR count). The smallest absolute Gasteiger partial charge is 0.262 e. The van der Waals surface area contributed by atoms with Crippen molar-refractivity contribution < 1.29 is 4.74 Å². The third-order valence-corrected chi connectivity index (χ3v) is 5.90. The summed E-state index contributed by atoms with van der Waals surface area (Å²) in [4.78, 5) is 25.5. The van der Waals surface area contributed by atoms with Crippen LogP contribution in [0.1, 0.15) is 5.82 Å². The van der Waals surface area contributed by atoms with Crippen LogP contribution in [0.5, 0.6) is 5.75 Å². The second-order valence-corrected chi connectivity index (χ2v) is 7.99. The number of rotatable bonds is 6. The minimum Gasteiger partial charge on any atom is -0.495 e. The Morgan fingerprint density at radius 1 is 1.06 bits per heavy atom. The fourth-order valence-corrected chi connectivity index (χ4v) is 4.26. The summed E-state index contributed by atoms with van der Waals surface area (Å²) < 4.78 is 8.69. The summed E-state index contributed by atoms with van der Waals surface area (Å²) >= 11 is 1.38. The predicted octanol–water partition coefficient (Wildman–Crippen LogP) is 2.39. The van der Waals surface area contributed by atoms with Gasteiger partial charge in [-0.05, 0) is 24.3 Å². The van der Waals surface area contributed by atoms with Gasteiger partial charge >= 0.3 is 0 Å². The molecule has 5 aromatic rings. The van der Waals surface area contributed by atoms with Crippen molar-refractivity contribution in [3.8, 4) is 5.75 Å². The number of ether oxygens (including phenoxy) is 1. The number of nitrogen functional groups attached to an aromatic ring is 1. The van der Waals surface area contributed by atoms with Crippen molar-refractivity contribution in [1.82, 2.24) is 34.1 Å². The summed E-state index contributed by atoms with van der Waals surface area (Å²) in [6, 6.07) is 14.8. The molecule has 0 aliphatic heterocycles. The summed E-state index contributed by atoms with van der Waals surface area (Å²) in [5.74, 6) is 2.34. The van der Waals surface area contributed by atoms with Gasteiger partial charge in [0, 0.05) is 7.05 Å². The Bertz CT molecular complexity index is 1550. The van der Waals surface area contributed by atoms with Gasteiger partial charge < -0.3 is 15.8 Å². The number of hydrogen-bond acceptors (Lipinski definition) is 10. The number of hydrogen-bond donors (Lipinski definition) is 2. The maximum Gasteiger partial charge on any atom is 0.262 e. The van der Waals surface area contributed by atoms with Crippen LogP contribution in [0.25, 0.3) is 16.7 Å². The highest BCUT2D eigenvalue weighted by atomic mass is 32.2. The molecule has 33 heavy (non-hydrogen) atoms. The lowest BCUT2D eigenvalue weighted by molar-refractivity contribution is 0.417. The zero-order chi connectivity index (χ0) is 22.9. The highest BCUT2D eigenvalue weighted by Gasteiger charge is 2.16. The van der Waals surface area contributed by atoms with Gasteiger partial charge in [-0.15, -0.1) is 10.2 Å². The first-order valence-corrected chi connectivity index (χ1v) is 10.9. The van der Waals surface area contributed by atoms with E-state index in [4.69, 9.17) is 10.5 Å². The van der Waals surface area contributed by atoms with Crippen molar-refractivity contribution in [2.24, 2.45) is 7.05 Å². The molecule has 12 heteroatoms. The van der Waals surface area contributed by atoms with Crippen molar-refractivity contribution in [3.63, 3.8) is 0 Å². The number of thioether (sulfide) groups is 1. The third-order valence-electron chi connectivity index (χ3n) is 4.98. The van der Waals surface area contributed by atoms with E-state index in [-0.39, 0.29) is 11.5 Å². The molecular formula is C21H19N9O2S. The van der Waals surface area contributed by atoms with E-state index in [0.29, 0.717) is 45.3 Å². The van der Waals surface area contributed by atoms with Gasteiger partial charge in [0.05, 0.1) is 29.5 Å². The van der Waals surface area contributed by atoms with E-state index in [2.05, 4.69) is 30.5 Å².